The minimum absolute atomic E-state index is 0.155. The Labute approximate surface area is 67.3 Å². The van der Waals surface area contributed by atoms with Crippen LogP contribution in [0.15, 0.2) is 12.3 Å². The van der Waals surface area contributed by atoms with Crippen molar-refractivity contribution in [2.45, 2.75) is 0 Å². The molecule has 0 unspecified atom stereocenters. The first-order chi connectivity index (χ1) is 5.65. The Hall–Kier alpha value is -1.91. The second-order valence-electron chi connectivity index (χ2n) is 2.05. The van der Waals surface area contributed by atoms with Gasteiger partial charge in [0.25, 0.3) is 0 Å². The van der Waals surface area contributed by atoms with Crippen molar-refractivity contribution >= 4 is 12.3 Å². The average molecular weight is 167 g/mol. The first kappa shape index (κ1) is 8.19. The molecule has 0 aliphatic rings. The van der Waals surface area contributed by atoms with E-state index in [2.05, 4.69) is 4.98 Å². The largest absolute Gasteiger partial charge is 0.506 e. The number of carboxylic acid groups (broad SMARTS) is 1. The maximum Gasteiger partial charge on any atom is 0.337 e. The van der Waals surface area contributed by atoms with E-state index in [4.69, 9.17) is 10.2 Å². The van der Waals surface area contributed by atoms with Gasteiger partial charge in [0, 0.05) is 6.20 Å². The van der Waals surface area contributed by atoms with Crippen LogP contribution in [0.4, 0.5) is 0 Å². The van der Waals surface area contributed by atoms with Crippen molar-refractivity contribution in [1.29, 1.82) is 0 Å². The van der Waals surface area contributed by atoms with Crippen LogP contribution in [0.1, 0.15) is 20.8 Å². The Balaban J connectivity index is 3.18. The number of aromatic carboxylic acids is 1. The van der Waals surface area contributed by atoms with E-state index in [1.54, 1.807) is 0 Å². The van der Waals surface area contributed by atoms with Crippen molar-refractivity contribution in [2.75, 3.05) is 0 Å². The number of hydrogen-bond acceptors (Lipinski definition) is 4. The zero-order chi connectivity index (χ0) is 9.14. The predicted octanol–water partition coefficient (Wildman–Crippen LogP) is 0.298. The Kier molecular flexibility index (Phi) is 2.05. The van der Waals surface area contributed by atoms with E-state index in [1.165, 1.54) is 0 Å². The van der Waals surface area contributed by atoms with E-state index in [9.17, 15) is 9.59 Å². The third kappa shape index (κ3) is 1.39. The smallest absolute Gasteiger partial charge is 0.337 e. The van der Waals surface area contributed by atoms with Crippen LogP contribution in [0.2, 0.25) is 0 Å². The van der Waals surface area contributed by atoms with Crippen LogP contribution in [-0.2, 0) is 0 Å². The number of carbonyl (C=O) groups is 2. The second kappa shape index (κ2) is 3.00. The zero-order valence-corrected chi connectivity index (χ0v) is 5.89. The molecule has 0 fully saturated rings. The molecule has 0 radical (unpaired) electrons. The fourth-order valence-corrected chi connectivity index (χ4v) is 0.671. The average Bonchev–Trinajstić information content (AvgIpc) is 2.04. The lowest BCUT2D eigenvalue weighted by atomic mass is 10.2. The van der Waals surface area contributed by atoms with E-state index in [0.717, 1.165) is 12.3 Å². The van der Waals surface area contributed by atoms with Crippen molar-refractivity contribution in [3.8, 4) is 5.75 Å². The minimum Gasteiger partial charge on any atom is -0.506 e. The fraction of sp³-hybridized carbons (Fsp3) is 0. The van der Waals surface area contributed by atoms with Gasteiger partial charge in [-0.1, -0.05) is 0 Å². The Bertz CT molecular complexity index is 334. The Morgan fingerprint density at radius 3 is 2.67 bits per heavy atom. The molecule has 0 aromatic carbocycles. The molecule has 0 saturated carbocycles. The molecule has 1 rings (SSSR count). The van der Waals surface area contributed by atoms with Gasteiger partial charge < -0.3 is 10.2 Å². The summed E-state index contributed by atoms with van der Waals surface area (Å²) < 4.78 is 0. The number of rotatable bonds is 2. The van der Waals surface area contributed by atoms with Gasteiger partial charge in [0.15, 0.2) is 6.29 Å². The fourth-order valence-electron chi connectivity index (χ4n) is 0.671. The molecule has 5 nitrogen and oxygen atoms in total. The molecule has 1 heterocycles. The van der Waals surface area contributed by atoms with E-state index in [-0.39, 0.29) is 11.3 Å². The van der Waals surface area contributed by atoms with Gasteiger partial charge in [-0.05, 0) is 6.07 Å². The number of carboxylic acids is 1. The minimum atomic E-state index is -1.20. The number of aromatic hydroxyl groups is 1. The molecule has 0 amide bonds. The van der Waals surface area contributed by atoms with Crippen LogP contribution in [-0.4, -0.2) is 27.5 Å². The summed E-state index contributed by atoms with van der Waals surface area (Å²) in [6.07, 6.45) is 1.35. The van der Waals surface area contributed by atoms with Gasteiger partial charge in [0.1, 0.15) is 11.4 Å². The van der Waals surface area contributed by atoms with Gasteiger partial charge in [0.2, 0.25) is 0 Å². The summed E-state index contributed by atoms with van der Waals surface area (Å²) in [5.74, 6) is -1.62. The number of hydrogen-bond donors (Lipinski definition) is 2. The first-order valence-electron chi connectivity index (χ1n) is 3.02. The van der Waals surface area contributed by atoms with Crippen LogP contribution < -0.4 is 0 Å². The van der Waals surface area contributed by atoms with Crippen molar-refractivity contribution in [1.82, 2.24) is 4.98 Å². The molecule has 1 aromatic heterocycles. The number of aromatic nitrogens is 1. The van der Waals surface area contributed by atoms with Crippen LogP contribution >= 0.6 is 0 Å². The van der Waals surface area contributed by atoms with E-state index in [1.807, 2.05) is 0 Å². The summed E-state index contributed by atoms with van der Waals surface area (Å²) >= 11 is 0. The van der Waals surface area contributed by atoms with Gasteiger partial charge in [-0.15, -0.1) is 0 Å². The summed E-state index contributed by atoms with van der Waals surface area (Å²) in [5.41, 5.74) is -0.321. The monoisotopic (exact) mass is 167 g/mol. The molecule has 5 heteroatoms. The lowest BCUT2D eigenvalue weighted by Gasteiger charge is -1.96. The highest BCUT2D eigenvalue weighted by atomic mass is 16.4. The molecule has 0 atom stereocenters. The first-order valence-corrected chi connectivity index (χ1v) is 3.02. The second-order valence-corrected chi connectivity index (χ2v) is 2.05. The lowest BCUT2D eigenvalue weighted by molar-refractivity contribution is 0.0695. The van der Waals surface area contributed by atoms with Crippen LogP contribution in [0.5, 0.6) is 5.75 Å². The molecular weight excluding hydrogens is 162 g/mol. The third-order valence-corrected chi connectivity index (χ3v) is 1.26. The predicted molar refractivity (Wildman–Crippen MR) is 38.2 cm³/mol. The van der Waals surface area contributed by atoms with E-state index in [0.29, 0.717) is 6.29 Å². The molecular formula is C7H5NO4. The van der Waals surface area contributed by atoms with Crippen molar-refractivity contribution in [3.05, 3.63) is 23.5 Å². The maximum atomic E-state index is 10.3. The number of pyridine rings is 1. The molecule has 0 saturated heterocycles. The van der Waals surface area contributed by atoms with Gasteiger partial charge in [0.05, 0.1) is 5.56 Å². The summed E-state index contributed by atoms with van der Waals surface area (Å²) in [5, 5.41) is 17.4. The Morgan fingerprint density at radius 2 is 2.25 bits per heavy atom. The van der Waals surface area contributed by atoms with Crippen molar-refractivity contribution in [2.24, 2.45) is 0 Å². The van der Waals surface area contributed by atoms with Crippen LogP contribution in [0.25, 0.3) is 0 Å². The molecule has 1 aromatic rings. The summed E-state index contributed by atoms with van der Waals surface area (Å²) in [6.45, 7) is 0. The summed E-state index contributed by atoms with van der Waals surface area (Å²) in [7, 11) is 0. The van der Waals surface area contributed by atoms with Gasteiger partial charge in [-0.2, -0.15) is 0 Å². The SMILES string of the molecule is O=Cc1ncc(C(=O)O)cc1O. The maximum absolute atomic E-state index is 10.3. The molecule has 0 aliphatic carbocycles. The van der Waals surface area contributed by atoms with E-state index < -0.39 is 11.7 Å². The molecule has 0 bridgehead atoms. The zero-order valence-electron chi connectivity index (χ0n) is 5.89. The topological polar surface area (TPSA) is 87.5 Å². The highest BCUT2D eigenvalue weighted by Gasteiger charge is 2.07. The van der Waals surface area contributed by atoms with Crippen LogP contribution in [0.3, 0.4) is 0 Å². The summed E-state index contributed by atoms with van der Waals surface area (Å²) in [6, 6.07) is 0.971. The van der Waals surface area contributed by atoms with Crippen molar-refractivity contribution in [3.63, 3.8) is 0 Å². The third-order valence-electron chi connectivity index (χ3n) is 1.26. The van der Waals surface area contributed by atoms with Gasteiger partial charge in [-0.3, -0.25) is 4.79 Å². The Morgan fingerprint density at radius 1 is 1.58 bits per heavy atom. The number of aldehydes is 1. The van der Waals surface area contributed by atoms with Gasteiger partial charge >= 0.3 is 5.97 Å². The summed E-state index contributed by atoms with van der Waals surface area (Å²) in [4.78, 5) is 23.9. The highest BCUT2D eigenvalue weighted by molar-refractivity contribution is 5.89. The molecule has 12 heavy (non-hydrogen) atoms. The molecule has 2 N–H and O–H groups in total. The molecule has 0 aliphatic heterocycles. The van der Waals surface area contributed by atoms with E-state index >= 15 is 0 Å². The number of nitrogens with zero attached hydrogens (tertiary/aromatic N) is 1. The highest BCUT2D eigenvalue weighted by Crippen LogP contribution is 2.13. The molecule has 0 spiro atoms. The quantitative estimate of drug-likeness (QED) is 0.618. The van der Waals surface area contributed by atoms with Crippen molar-refractivity contribution < 1.29 is 19.8 Å². The normalized spacial score (nSPS) is 9.33. The lowest BCUT2D eigenvalue weighted by Crippen LogP contribution is -1.98. The molecule has 62 valence electrons. The standard InChI is InChI=1S/C7H5NO4/c9-3-5-6(10)1-4(2-8-5)7(11)12/h1-3,10H,(H,11,12). The van der Waals surface area contributed by atoms with Gasteiger partial charge in [-0.25, -0.2) is 9.78 Å². The number of carbonyl (C=O) groups excluding carboxylic acids is 1. The van der Waals surface area contributed by atoms with Crippen LogP contribution in [0, 0.1) is 0 Å².